The predicted molar refractivity (Wildman–Crippen MR) is 96.3 cm³/mol. The van der Waals surface area contributed by atoms with Gasteiger partial charge in [0.25, 0.3) is 0 Å². The van der Waals surface area contributed by atoms with Gasteiger partial charge < -0.3 is 10.0 Å². The Hall–Kier alpha value is -2.76. The van der Waals surface area contributed by atoms with Gasteiger partial charge >= 0.3 is 5.97 Å². The van der Waals surface area contributed by atoms with Gasteiger partial charge in [-0.25, -0.2) is 8.78 Å². The lowest BCUT2D eigenvalue weighted by atomic mass is 9.89. The van der Waals surface area contributed by atoms with Crippen LogP contribution in [0.4, 0.5) is 8.78 Å². The molecule has 1 unspecified atom stereocenters. The molecule has 0 saturated carbocycles. The Labute approximate surface area is 156 Å². The molecule has 1 saturated heterocycles. The average molecular weight is 373 g/mol. The van der Waals surface area contributed by atoms with Crippen LogP contribution in [0.1, 0.15) is 36.3 Å². The fraction of sp³-hybridized carbons (Fsp3) is 0.333. The number of benzene rings is 2. The van der Waals surface area contributed by atoms with Crippen LogP contribution in [0.2, 0.25) is 0 Å². The number of likely N-dealkylation sites (tertiary alicyclic amines) is 1. The van der Waals surface area contributed by atoms with E-state index < -0.39 is 29.4 Å². The summed E-state index contributed by atoms with van der Waals surface area (Å²) < 4.78 is 27.0. The molecule has 142 valence electrons. The number of carboxylic acids is 1. The van der Waals surface area contributed by atoms with Crippen LogP contribution in [0.25, 0.3) is 0 Å². The maximum Gasteiger partial charge on any atom is 0.308 e. The lowest BCUT2D eigenvalue weighted by Gasteiger charge is -2.20. The van der Waals surface area contributed by atoms with Gasteiger partial charge in [0.05, 0.1) is 5.92 Å². The van der Waals surface area contributed by atoms with Crippen molar-refractivity contribution in [3.05, 3.63) is 71.3 Å². The monoisotopic (exact) mass is 373 g/mol. The minimum Gasteiger partial charge on any atom is -0.481 e. The van der Waals surface area contributed by atoms with Gasteiger partial charge in [0, 0.05) is 31.5 Å². The molecule has 4 nitrogen and oxygen atoms in total. The predicted octanol–water partition coefficient (Wildman–Crippen LogP) is 3.79. The lowest BCUT2D eigenvalue weighted by molar-refractivity contribution is -0.141. The Bertz CT molecular complexity index is 841. The molecule has 1 fully saturated rings. The number of nitrogens with zero attached hydrogens (tertiary/aromatic N) is 1. The van der Waals surface area contributed by atoms with Gasteiger partial charge in [-0.3, -0.25) is 9.59 Å². The van der Waals surface area contributed by atoms with Crippen LogP contribution in [0, 0.1) is 17.6 Å². The van der Waals surface area contributed by atoms with Crippen molar-refractivity contribution in [2.45, 2.75) is 25.2 Å². The molecule has 1 heterocycles. The number of carboxylic acid groups (broad SMARTS) is 1. The first kappa shape index (κ1) is 19.0. The minimum absolute atomic E-state index is 0.0381. The molecule has 1 aliphatic heterocycles. The second kappa shape index (κ2) is 7.86. The number of hydrogen-bond acceptors (Lipinski definition) is 2. The summed E-state index contributed by atoms with van der Waals surface area (Å²) in [7, 11) is 0. The van der Waals surface area contributed by atoms with Crippen LogP contribution >= 0.6 is 0 Å². The van der Waals surface area contributed by atoms with E-state index in [1.807, 2.05) is 30.3 Å². The van der Waals surface area contributed by atoms with Gasteiger partial charge in [0.1, 0.15) is 11.6 Å². The first-order valence-corrected chi connectivity index (χ1v) is 8.87. The molecule has 6 heteroatoms. The van der Waals surface area contributed by atoms with E-state index in [-0.39, 0.29) is 30.4 Å². The van der Waals surface area contributed by atoms with E-state index in [4.69, 9.17) is 0 Å². The summed E-state index contributed by atoms with van der Waals surface area (Å²) in [5.74, 6) is -3.88. The van der Waals surface area contributed by atoms with Crippen molar-refractivity contribution in [1.82, 2.24) is 4.90 Å². The third-order valence-electron chi connectivity index (χ3n) is 5.19. The smallest absolute Gasteiger partial charge is 0.308 e. The highest BCUT2D eigenvalue weighted by atomic mass is 19.1. The molecule has 1 N–H and O–H groups in total. The number of hydrogen-bond donors (Lipinski definition) is 1. The number of carbonyl (C=O) groups excluding carboxylic acids is 1. The molecule has 0 aliphatic carbocycles. The van der Waals surface area contributed by atoms with E-state index >= 15 is 0 Å². The summed E-state index contributed by atoms with van der Waals surface area (Å²) >= 11 is 0. The van der Waals surface area contributed by atoms with Crippen LogP contribution in [-0.4, -0.2) is 35.0 Å². The number of amides is 1. The highest BCUT2D eigenvalue weighted by Crippen LogP contribution is 2.34. The second-order valence-electron chi connectivity index (χ2n) is 7.03. The largest absolute Gasteiger partial charge is 0.481 e. The minimum atomic E-state index is -0.934. The molecule has 1 amide bonds. The number of aliphatic carboxylic acids is 1. The summed E-state index contributed by atoms with van der Waals surface area (Å²) in [6, 6.07) is 12.6. The summed E-state index contributed by atoms with van der Waals surface area (Å²) in [5, 5.41) is 9.54. The third kappa shape index (κ3) is 4.15. The summed E-state index contributed by atoms with van der Waals surface area (Å²) in [6.45, 7) is 2.15. The molecule has 1 aliphatic rings. The van der Waals surface area contributed by atoms with Crippen LogP contribution in [0.15, 0.2) is 48.5 Å². The van der Waals surface area contributed by atoms with Gasteiger partial charge in [-0.2, -0.15) is 0 Å². The van der Waals surface area contributed by atoms with Crippen molar-refractivity contribution < 1.29 is 23.5 Å². The Balaban J connectivity index is 1.72. The SMILES string of the molecule is CC(CC(=O)N1C[C@H](C(=O)O)[C@H](c2ccccc2)C1)c1ccc(F)cc1F. The second-order valence-corrected chi connectivity index (χ2v) is 7.03. The van der Waals surface area contributed by atoms with Crippen LogP contribution in [-0.2, 0) is 9.59 Å². The van der Waals surface area contributed by atoms with E-state index in [9.17, 15) is 23.5 Å². The van der Waals surface area contributed by atoms with E-state index in [0.717, 1.165) is 11.6 Å². The Kier molecular flexibility index (Phi) is 5.54. The molecule has 0 radical (unpaired) electrons. The van der Waals surface area contributed by atoms with E-state index in [1.165, 1.54) is 17.0 Å². The quantitative estimate of drug-likeness (QED) is 0.868. The van der Waals surface area contributed by atoms with Gasteiger partial charge in [-0.1, -0.05) is 43.3 Å². The van der Waals surface area contributed by atoms with Gasteiger partial charge in [0.2, 0.25) is 5.91 Å². The molecule has 0 aromatic heterocycles. The van der Waals surface area contributed by atoms with Gasteiger partial charge in [0.15, 0.2) is 0 Å². The first-order chi connectivity index (χ1) is 12.9. The molecule has 27 heavy (non-hydrogen) atoms. The maximum absolute atomic E-state index is 13.9. The van der Waals surface area contributed by atoms with Crippen molar-refractivity contribution in [3.63, 3.8) is 0 Å². The maximum atomic E-state index is 13.9. The zero-order valence-corrected chi connectivity index (χ0v) is 14.9. The third-order valence-corrected chi connectivity index (χ3v) is 5.19. The normalized spacial score (nSPS) is 20.5. The lowest BCUT2D eigenvalue weighted by Crippen LogP contribution is -2.30. The van der Waals surface area contributed by atoms with Crippen molar-refractivity contribution >= 4 is 11.9 Å². The Morgan fingerprint density at radius 3 is 2.48 bits per heavy atom. The molecule has 3 rings (SSSR count). The first-order valence-electron chi connectivity index (χ1n) is 8.87. The molecular weight excluding hydrogens is 352 g/mol. The molecule has 2 aromatic carbocycles. The van der Waals surface area contributed by atoms with E-state index in [0.29, 0.717) is 6.54 Å². The summed E-state index contributed by atoms with van der Waals surface area (Å²) in [6.07, 6.45) is 0.0381. The molecular formula is C21H21F2NO3. The van der Waals surface area contributed by atoms with Crippen molar-refractivity contribution in [2.75, 3.05) is 13.1 Å². The Morgan fingerprint density at radius 1 is 1.15 bits per heavy atom. The molecule has 2 aromatic rings. The van der Waals surface area contributed by atoms with Crippen molar-refractivity contribution in [1.29, 1.82) is 0 Å². The fourth-order valence-corrected chi connectivity index (χ4v) is 3.70. The molecule has 0 spiro atoms. The summed E-state index contributed by atoms with van der Waals surface area (Å²) in [5.41, 5.74) is 1.16. The number of halogens is 2. The van der Waals surface area contributed by atoms with E-state index in [1.54, 1.807) is 6.92 Å². The van der Waals surface area contributed by atoms with Gasteiger partial charge in [-0.15, -0.1) is 0 Å². The highest BCUT2D eigenvalue weighted by molar-refractivity contribution is 5.80. The molecule has 3 atom stereocenters. The fourth-order valence-electron chi connectivity index (χ4n) is 3.70. The van der Waals surface area contributed by atoms with Crippen LogP contribution in [0.5, 0.6) is 0 Å². The number of carbonyl (C=O) groups is 2. The molecule has 0 bridgehead atoms. The van der Waals surface area contributed by atoms with Crippen molar-refractivity contribution in [3.8, 4) is 0 Å². The zero-order chi connectivity index (χ0) is 19.6. The van der Waals surface area contributed by atoms with Crippen LogP contribution in [0.3, 0.4) is 0 Å². The summed E-state index contributed by atoms with van der Waals surface area (Å²) in [4.78, 5) is 25.9. The van der Waals surface area contributed by atoms with Crippen LogP contribution < -0.4 is 0 Å². The Morgan fingerprint density at radius 2 is 1.85 bits per heavy atom. The van der Waals surface area contributed by atoms with E-state index in [2.05, 4.69) is 0 Å². The topological polar surface area (TPSA) is 57.6 Å². The number of rotatable bonds is 5. The van der Waals surface area contributed by atoms with Gasteiger partial charge in [-0.05, 0) is 23.1 Å². The highest BCUT2D eigenvalue weighted by Gasteiger charge is 2.40. The zero-order valence-electron chi connectivity index (χ0n) is 14.9. The van der Waals surface area contributed by atoms with Crippen molar-refractivity contribution in [2.24, 2.45) is 5.92 Å². The standard InChI is InChI=1S/C21H21F2NO3/c1-13(16-8-7-15(22)10-19(16)23)9-20(25)24-11-17(18(12-24)21(26)27)14-5-3-2-4-6-14/h2-8,10,13,17-18H,9,11-12H2,1H3,(H,26,27)/t13?,17-,18-/m0/s1. The average Bonchev–Trinajstić information content (AvgIpc) is 3.08.